The average molecular weight is 184 g/mol. The highest BCUT2D eigenvalue weighted by Crippen LogP contribution is 2.10. The van der Waals surface area contributed by atoms with Gasteiger partial charge in [-0.1, -0.05) is 20.3 Å². The van der Waals surface area contributed by atoms with Crippen LogP contribution in [0.25, 0.3) is 0 Å². The molecule has 2 amide bonds. The van der Waals surface area contributed by atoms with Crippen LogP contribution < -0.4 is 10.6 Å². The Morgan fingerprint density at radius 3 is 2.46 bits per heavy atom. The molecule has 0 radical (unpaired) electrons. The minimum atomic E-state index is -0.396. The quantitative estimate of drug-likeness (QED) is 0.636. The van der Waals surface area contributed by atoms with E-state index in [1.165, 1.54) is 0 Å². The van der Waals surface area contributed by atoms with Crippen LogP contribution in [0.5, 0.6) is 0 Å². The summed E-state index contributed by atoms with van der Waals surface area (Å²) in [4.78, 5) is 22.7. The Balaban J connectivity index is 2.66. The third-order valence-electron chi connectivity index (χ3n) is 2.55. The van der Waals surface area contributed by atoms with Gasteiger partial charge in [0.25, 0.3) is 0 Å². The third-order valence-corrected chi connectivity index (χ3v) is 2.55. The van der Waals surface area contributed by atoms with Crippen LogP contribution in [0.4, 0.5) is 0 Å². The van der Waals surface area contributed by atoms with E-state index < -0.39 is 6.04 Å². The molecule has 0 aromatic rings. The Hall–Kier alpha value is -1.06. The predicted octanol–water partition coefficient (Wildman–Crippen LogP) is 0.0356. The summed E-state index contributed by atoms with van der Waals surface area (Å²) in [7, 11) is 0. The molecule has 0 aliphatic carbocycles. The summed E-state index contributed by atoms with van der Waals surface area (Å²) in [5, 5.41) is 5.36. The van der Waals surface area contributed by atoms with Crippen LogP contribution in [0.15, 0.2) is 0 Å². The maximum absolute atomic E-state index is 11.4. The summed E-state index contributed by atoms with van der Waals surface area (Å²) in [6.45, 7) is 5.64. The SMILES string of the molecule is CC[C@@H](C)[C@H]1NC(=O)[C@@H](C)NC1=O. The van der Waals surface area contributed by atoms with Crippen molar-refractivity contribution in [1.82, 2.24) is 10.6 Å². The van der Waals surface area contributed by atoms with E-state index >= 15 is 0 Å². The molecule has 1 heterocycles. The molecule has 4 heteroatoms. The van der Waals surface area contributed by atoms with Gasteiger partial charge < -0.3 is 10.6 Å². The molecule has 0 unspecified atom stereocenters. The van der Waals surface area contributed by atoms with E-state index in [2.05, 4.69) is 10.6 Å². The molecule has 0 aromatic carbocycles. The number of piperazine rings is 1. The van der Waals surface area contributed by atoms with Gasteiger partial charge in [0.1, 0.15) is 12.1 Å². The lowest BCUT2D eigenvalue weighted by molar-refractivity contribution is -0.137. The van der Waals surface area contributed by atoms with Crippen molar-refractivity contribution in [2.24, 2.45) is 5.92 Å². The highest BCUT2D eigenvalue weighted by Gasteiger charge is 2.33. The topological polar surface area (TPSA) is 58.2 Å². The van der Waals surface area contributed by atoms with Gasteiger partial charge in [-0.3, -0.25) is 9.59 Å². The second-order valence-corrected chi connectivity index (χ2v) is 3.60. The van der Waals surface area contributed by atoms with E-state index in [9.17, 15) is 9.59 Å². The molecular weight excluding hydrogens is 168 g/mol. The summed E-state index contributed by atoms with van der Waals surface area (Å²) in [6, 6.07) is -0.749. The maximum Gasteiger partial charge on any atom is 0.243 e. The van der Waals surface area contributed by atoms with Gasteiger partial charge in [0, 0.05) is 0 Å². The van der Waals surface area contributed by atoms with Crippen molar-refractivity contribution in [2.75, 3.05) is 0 Å². The van der Waals surface area contributed by atoms with Crippen LogP contribution in [0, 0.1) is 5.92 Å². The fraction of sp³-hybridized carbons (Fsp3) is 0.778. The van der Waals surface area contributed by atoms with Crippen molar-refractivity contribution in [1.29, 1.82) is 0 Å². The van der Waals surface area contributed by atoms with Gasteiger partial charge in [-0.2, -0.15) is 0 Å². The van der Waals surface area contributed by atoms with Crippen LogP contribution in [0.1, 0.15) is 27.2 Å². The molecule has 74 valence electrons. The van der Waals surface area contributed by atoms with Gasteiger partial charge >= 0.3 is 0 Å². The second kappa shape index (κ2) is 3.77. The van der Waals surface area contributed by atoms with Crippen molar-refractivity contribution in [2.45, 2.75) is 39.3 Å². The fourth-order valence-corrected chi connectivity index (χ4v) is 1.35. The Labute approximate surface area is 78.1 Å². The molecule has 0 saturated carbocycles. The van der Waals surface area contributed by atoms with Gasteiger partial charge in [-0.05, 0) is 12.8 Å². The lowest BCUT2D eigenvalue weighted by Crippen LogP contribution is -2.62. The summed E-state index contributed by atoms with van der Waals surface area (Å²) >= 11 is 0. The minimum absolute atomic E-state index is 0.0681. The lowest BCUT2D eigenvalue weighted by Gasteiger charge is -2.30. The molecule has 1 rings (SSSR count). The number of amides is 2. The predicted molar refractivity (Wildman–Crippen MR) is 49.0 cm³/mol. The number of rotatable bonds is 2. The minimum Gasteiger partial charge on any atom is -0.343 e. The zero-order valence-electron chi connectivity index (χ0n) is 8.26. The molecule has 0 spiro atoms. The molecular formula is C9H16N2O2. The molecule has 4 nitrogen and oxygen atoms in total. The van der Waals surface area contributed by atoms with Gasteiger partial charge in [0.2, 0.25) is 11.8 Å². The first-order chi connectivity index (χ1) is 6.06. The molecule has 0 bridgehead atoms. The first kappa shape index (κ1) is 10.0. The molecule has 1 aliphatic rings. The maximum atomic E-state index is 11.4. The zero-order chi connectivity index (χ0) is 10.0. The number of carbonyl (C=O) groups excluding carboxylic acids is 2. The highest BCUT2D eigenvalue weighted by atomic mass is 16.2. The van der Waals surface area contributed by atoms with Crippen molar-refractivity contribution >= 4 is 11.8 Å². The van der Waals surface area contributed by atoms with Gasteiger partial charge in [0.05, 0.1) is 0 Å². The van der Waals surface area contributed by atoms with E-state index in [1.807, 2.05) is 13.8 Å². The Bertz CT molecular complexity index is 228. The standard InChI is InChI=1S/C9H16N2O2/c1-4-5(2)7-9(13)10-6(3)8(12)11-7/h5-7H,4H2,1-3H3,(H,10,13)(H,11,12)/t5-,6-,7-/m1/s1. The van der Waals surface area contributed by atoms with Crippen molar-refractivity contribution in [3.05, 3.63) is 0 Å². The smallest absolute Gasteiger partial charge is 0.243 e. The number of carbonyl (C=O) groups is 2. The van der Waals surface area contributed by atoms with Crippen molar-refractivity contribution < 1.29 is 9.59 Å². The lowest BCUT2D eigenvalue weighted by atomic mass is 9.96. The molecule has 13 heavy (non-hydrogen) atoms. The molecule has 3 atom stereocenters. The Morgan fingerprint density at radius 1 is 1.31 bits per heavy atom. The number of hydrogen-bond acceptors (Lipinski definition) is 2. The molecule has 1 aliphatic heterocycles. The average Bonchev–Trinajstić information content (AvgIpc) is 2.10. The first-order valence-electron chi connectivity index (χ1n) is 4.67. The Kier molecular flexibility index (Phi) is 2.90. The Morgan fingerprint density at radius 2 is 1.92 bits per heavy atom. The summed E-state index contributed by atoms with van der Waals surface area (Å²) in [5.41, 5.74) is 0. The monoisotopic (exact) mass is 184 g/mol. The number of hydrogen-bond donors (Lipinski definition) is 2. The van der Waals surface area contributed by atoms with E-state index in [0.717, 1.165) is 6.42 Å². The van der Waals surface area contributed by atoms with Gasteiger partial charge in [-0.25, -0.2) is 0 Å². The van der Waals surface area contributed by atoms with Crippen LogP contribution in [-0.4, -0.2) is 23.9 Å². The first-order valence-corrected chi connectivity index (χ1v) is 4.67. The normalized spacial score (nSPS) is 30.7. The zero-order valence-corrected chi connectivity index (χ0v) is 8.26. The van der Waals surface area contributed by atoms with Crippen LogP contribution in [0.2, 0.25) is 0 Å². The fourth-order valence-electron chi connectivity index (χ4n) is 1.35. The van der Waals surface area contributed by atoms with Crippen LogP contribution in [0.3, 0.4) is 0 Å². The third kappa shape index (κ3) is 1.99. The van der Waals surface area contributed by atoms with E-state index in [4.69, 9.17) is 0 Å². The summed E-state index contributed by atoms with van der Waals surface area (Å²) in [5.74, 6) is 0.0304. The molecule has 2 N–H and O–H groups in total. The van der Waals surface area contributed by atoms with Crippen LogP contribution in [-0.2, 0) is 9.59 Å². The highest BCUT2D eigenvalue weighted by molar-refractivity contribution is 5.96. The van der Waals surface area contributed by atoms with Gasteiger partial charge in [0.15, 0.2) is 0 Å². The van der Waals surface area contributed by atoms with Crippen LogP contribution >= 0.6 is 0 Å². The van der Waals surface area contributed by atoms with E-state index in [0.29, 0.717) is 0 Å². The van der Waals surface area contributed by atoms with Gasteiger partial charge in [-0.15, -0.1) is 0 Å². The summed E-state index contributed by atoms with van der Waals surface area (Å²) in [6.07, 6.45) is 0.882. The molecule has 0 aromatic heterocycles. The van der Waals surface area contributed by atoms with E-state index in [-0.39, 0.29) is 23.8 Å². The van der Waals surface area contributed by atoms with E-state index in [1.54, 1.807) is 6.92 Å². The summed E-state index contributed by atoms with van der Waals surface area (Å²) < 4.78 is 0. The molecule has 1 fully saturated rings. The van der Waals surface area contributed by atoms with Crippen molar-refractivity contribution in [3.63, 3.8) is 0 Å². The second-order valence-electron chi connectivity index (χ2n) is 3.60. The van der Waals surface area contributed by atoms with Crippen molar-refractivity contribution in [3.8, 4) is 0 Å². The largest absolute Gasteiger partial charge is 0.343 e. The molecule has 1 saturated heterocycles. The number of nitrogens with one attached hydrogen (secondary N) is 2.